The number of benzene rings is 2. The van der Waals surface area contributed by atoms with Crippen LogP contribution in [0.2, 0.25) is 10.0 Å². The van der Waals surface area contributed by atoms with Gasteiger partial charge in [0.15, 0.2) is 6.04 Å². The highest BCUT2D eigenvalue weighted by molar-refractivity contribution is 6.35. The van der Waals surface area contributed by atoms with E-state index in [0.717, 1.165) is 10.6 Å². The lowest BCUT2D eigenvalue weighted by atomic mass is 10.1. The first-order valence-corrected chi connectivity index (χ1v) is 9.90. The predicted octanol–water partition coefficient (Wildman–Crippen LogP) is 1.74. The minimum atomic E-state index is -0.406. The van der Waals surface area contributed by atoms with Crippen molar-refractivity contribution in [1.29, 1.82) is 0 Å². The average molecular weight is 421 g/mol. The number of nitrogens with one attached hydrogen (secondary N) is 1. The molecule has 6 nitrogen and oxygen atoms in total. The Morgan fingerprint density at radius 2 is 1.64 bits per heavy atom. The molecule has 2 N–H and O–H groups in total. The lowest BCUT2D eigenvalue weighted by molar-refractivity contribution is -0.915. The number of carbonyl (C=O) groups is 2. The van der Waals surface area contributed by atoms with Crippen molar-refractivity contribution < 1.29 is 19.6 Å². The van der Waals surface area contributed by atoms with Gasteiger partial charge < -0.3 is 14.9 Å². The normalized spacial score (nSPS) is 20.9. The Morgan fingerprint density at radius 3 is 2.29 bits per heavy atom. The van der Waals surface area contributed by atoms with Crippen LogP contribution in [0.1, 0.15) is 6.42 Å². The van der Waals surface area contributed by atoms with E-state index >= 15 is 0 Å². The van der Waals surface area contributed by atoms with E-state index in [9.17, 15) is 14.7 Å². The van der Waals surface area contributed by atoms with E-state index in [0.29, 0.717) is 41.9 Å². The molecular weight excluding hydrogens is 401 g/mol. The molecule has 2 heterocycles. The summed E-state index contributed by atoms with van der Waals surface area (Å²) in [5, 5.41) is 10.8. The third-order valence-electron chi connectivity index (χ3n) is 5.37. The molecular formula is C20H20Cl2N3O3+. The van der Waals surface area contributed by atoms with E-state index in [1.807, 2.05) is 12.1 Å². The van der Waals surface area contributed by atoms with E-state index in [4.69, 9.17) is 23.2 Å². The number of rotatable bonds is 3. The van der Waals surface area contributed by atoms with Crippen molar-refractivity contribution in [2.75, 3.05) is 36.0 Å². The van der Waals surface area contributed by atoms with Gasteiger partial charge in [-0.05, 0) is 30.3 Å². The molecule has 2 amide bonds. The van der Waals surface area contributed by atoms with Crippen LogP contribution < -0.4 is 14.7 Å². The van der Waals surface area contributed by atoms with E-state index in [2.05, 4.69) is 4.90 Å². The van der Waals surface area contributed by atoms with Gasteiger partial charge in [0.05, 0.1) is 44.0 Å². The number of nitrogens with zero attached hydrogens (tertiary/aromatic N) is 2. The number of amides is 2. The summed E-state index contributed by atoms with van der Waals surface area (Å²) < 4.78 is 0. The van der Waals surface area contributed by atoms with Gasteiger partial charge in [-0.2, -0.15) is 0 Å². The van der Waals surface area contributed by atoms with Crippen molar-refractivity contribution in [3.8, 4) is 5.75 Å². The van der Waals surface area contributed by atoms with Crippen LogP contribution in [-0.4, -0.2) is 49.1 Å². The van der Waals surface area contributed by atoms with Crippen LogP contribution >= 0.6 is 23.2 Å². The molecule has 0 unspecified atom stereocenters. The van der Waals surface area contributed by atoms with Crippen molar-refractivity contribution >= 4 is 46.4 Å². The van der Waals surface area contributed by atoms with Gasteiger partial charge in [-0.1, -0.05) is 35.3 Å². The molecule has 0 aliphatic carbocycles. The van der Waals surface area contributed by atoms with E-state index in [1.165, 1.54) is 4.90 Å². The third-order valence-corrected chi connectivity index (χ3v) is 5.81. The molecule has 0 bridgehead atoms. The van der Waals surface area contributed by atoms with Gasteiger partial charge in [0.1, 0.15) is 5.75 Å². The SMILES string of the molecule is O=C1C[C@H]([NH+]2CCN(c3ccccc3O)CC2)C(=O)N1c1cc(Cl)cc(Cl)c1. The number of quaternary nitrogens is 1. The van der Waals surface area contributed by atoms with Crippen molar-refractivity contribution in [3.63, 3.8) is 0 Å². The topological polar surface area (TPSA) is 65.3 Å². The minimum Gasteiger partial charge on any atom is -0.506 e. The van der Waals surface area contributed by atoms with Gasteiger partial charge in [0, 0.05) is 10.0 Å². The van der Waals surface area contributed by atoms with Crippen LogP contribution in [0, 0.1) is 0 Å². The van der Waals surface area contributed by atoms with Gasteiger partial charge in [-0.25, -0.2) is 4.90 Å². The number of piperazine rings is 1. The van der Waals surface area contributed by atoms with Crippen LogP contribution in [0.3, 0.4) is 0 Å². The highest BCUT2D eigenvalue weighted by atomic mass is 35.5. The molecule has 146 valence electrons. The van der Waals surface area contributed by atoms with Gasteiger partial charge in [-0.15, -0.1) is 0 Å². The molecule has 2 aromatic rings. The molecule has 2 aliphatic heterocycles. The number of carbonyl (C=O) groups excluding carboxylic acids is 2. The molecule has 1 atom stereocenters. The first-order valence-electron chi connectivity index (χ1n) is 9.14. The second-order valence-electron chi connectivity index (χ2n) is 7.09. The summed E-state index contributed by atoms with van der Waals surface area (Å²) in [4.78, 5) is 29.9. The van der Waals surface area contributed by atoms with Crippen LogP contribution in [0.4, 0.5) is 11.4 Å². The fourth-order valence-electron chi connectivity index (χ4n) is 4.01. The molecule has 2 aliphatic rings. The maximum Gasteiger partial charge on any atom is 0.292 e. The molecule has 0 radical (unpaired) electrons. The standard InChI is InChI=1S/C20H19Cl2N3O3/c21-13-9-14(22)11-15(10-13)25-19(27)12-17(20(25)28)24-7-5-23(6-8-24)16-3-1-2-4-18(16)26/h1-4,9-11,17,26H,5-8,12H2/p+1/t17-/m0/s1. The molecule has 2 saturated heterocycles. The van der Waals surface area contributed by atoms with Crippen molar-refractivity contribution in [2.45, 2.75) is 12.5 Å². The molecule has 2 aromatic carbocycles. The summed E-state index contributed by atoms with van der Waals surface area (Å²) in [6.45, 7) is 2.83. The zero-order valence-electron chi connectivity index (χ0n) is 15.1. The Kier molecular flexibility index (Phi) is 5.19. The number of imide groups is 1. The maximum atomic E-state index is 13.0. The summed E-state index contributed by atoms with van der Waals surface area (Å²) in [5.74, 6) is -0.194. The summed E-state index contributed by atoms with van der Waals surface area (Å²) in [6.07, 6.45) is 0.175. The first-order chi connectivity index (χ1) is 13.4. The third kappa shape index (κ3) is 3.55. The van der Waals surface area contributed by atoms with Crippen LogP contribution in [-0.2, 0) is 9.59 Å². The molecule has 0 saturated carbocycles. The average Bonchev–Trinajstić information content (AvgIpc) is 2.96. The van der Waals surface area contributed by atoms with Gasteiger partial charge in [0.25, 0.3) is 5.91 Å². The Morgan fingerprint density at radius 1 is 1.00 bits per heavy atom. The number of phenols is 1. The Balaban J connectivity index is 1.47. The molecule has 28 heavy (non-hydrogen) atoms. The highest BCUT2D eigenvalue weighted by Crippen LogP contribution is 2.29. The molecule has 0 spiro atoms. The van der Waals surface area contributed by atoms with Gasteiger partial charge in [0.2, 0.25) is 5.91 Å². The fourth-order valence-corrected chi connectivity index (χ4v) is 4.52. The second-order valence-corrected chi connectivity index (χ2v) is 7.96. The first kappa shape index (κ1) is 19.1. The fraction of sp³-hybridized carbons (Fsp3) is 0.300. The molecule has 0 aromatic heterocycles. The Bertz CT molecular complexity index is 908. The zero-order valence-corrected chi connectivity index (χ0v) is 16.6. The highest BCUT2D eigenvalue weighted by Gasteiger charge is 2.46. The number of aromatic hydroxyl groups is 1. The number of halogens is 2. The van der Waals surface area contributed by atoms with E-state index in [-0.39, 0.29) is 24.0 Å². The molecule has 4 rings (SSSR count). The number of hydrogen-bond donors (Lipinski definition) is 2. The minimum absolute atomic E-state index is 0.175. The van der Waals surface area contributed by atoms with Crippen LogP contribution in [0.15, 0.2) is 42.5 Å². The van der Waals surface area contributed by atoms with Crippen molar-refractivity contribution in [2.24, 2.45) is 0 Å². The Labute approximate surface area is 172 Å². The maximum absolute atomic E-state index is 13.0. The lowest BCUT2D eigenvalue weighted by Crippen LogP contribution is -3.19. The van der Waals surface area contributed by atoms with Crippen LogP contribution in [0.25, 0.3) is 0 Å². The summed E-state index contributed by atoms with van der Waals surface area (Å²) in [7, 11) is 0. The van der Waals surface area contributed by atoms with Crippen molar-refractivity contribution in [3.05, 3.63) is 52.5 Å². The number of para-hydroxylation sites is 2. The van der Waals surface area contributed by atoms with E-state index in [1.54, 1.807) is 30.3 Å². The largest absolute Gasteiger partial charge is 0.506 e. The monoisotopic (exact) mass is 420 g/mol. The zero-order chi connectivity index (χ0) is 19.8. The lowest BCUT2D eigenvalue weighted by Gasteiger charge is -2.35. The van der Waals surface area contributed by atoms with Crippen molar-refractivity contribution in [1.82, 2.24) is 0 Å². The Hall–Kier alpha value is -2.28. The number of hydrogen-bond acceptors (Lipinski definition) is 4. The summed E-state index contributed by atoms with van der Waals surface area (Å²) in [6, 6.07) is 11.6. The van der Waals surface area contributed by atoms with Gasteiger partial charge in [-0.3, -0.25) is 9.59 Å². The smallest absolute Gasteiger partial charge is 0.292 e. The molecule has 8 heteroatoms. The van der Waals surface area contributed by atoms with Gasteiger partial charge >= 0.3 is 0 Å². The summed E-state index contributed by atoms with van der Waals surface area (Å²) in [5.41, 5.74) is 1.22. The molecule has 2 fully saturated rings. The van der Waals surface area contributed by atoms with E-state index < -0.39 is 6.04 Å². The number of phenolic OH excluding ortho intramolecular Hbond substituents is 1. The summed E-state index contributed by atoms with van der Waals surface area (Å²) >= 11 is 12.1. The van der Waals surface area contributed by atoms with Crippen LogP contribution in [0.5, 0.6) is 5.75 Å². The second kappa shape index (κ2) is 7.62. The number of anilines is 2. The quantitative estimate of drug-likeness (QED) is 0.742. The predicted molar refractivity (Wildman–Crippen MR) is 108 cm³/mol.